The second-order valence-corrected chi connectivity index (χ2v) is 5.75. The van der Waals surface area contributed by atoms with E-state index in [2.05, 4.69) is 11.2 Å². The van der Waals surface area contributed by atoms with Crippen molar-refractivity contribution >= 4 is 0 Å². The van der Waals surface area contributed by atoms with Gasteiger partial charge in [0.05, 0.1) is 16.9 Å². The van der Waals surface area contributed by atoms with E-state index in [-0.39, 0.29) is 5.56 Å². The Balaban J connectivity index is 2.70. The summed E-state index contributed by atoms with van der Waals surface area (Å²) in [6, 6.07) is 7.76. The lowest BCUT2D eigenvalue weighted by Gasteiger charge is -2.18. The van der Waals surface area contributed by atoms with Gasteiger partial charge in [0.25, 0.3) is 5.56 Å². The maximum absolute atomic E-state index is 12.1. The van der Waals surface area contributed by atoms with Crippen LogP contribution in [0, 0.1) is 13.8 Å². The van der Waals surface area contributed by atoms with Crippen LogP contribution in [-0.2, 0) is 12.6 Å². The molecule has 0 amide bonds. The number of benzene rings is 1. The Kier molecular flexibility index (Phi) is 3.52. The summed E-state index contributed by atoms with van der Waals surface area (Å²) in [4.78, 5) is 12.1. The lowest BCUT2D eigenvalue weighted by atomic mass is 9.96. The van der Waals surface area contributed by atoms with Gasteiger partial charge in [-0.1, -0.05) is 23.8 Å². The van der Waals surface area contributed by atoms with E-state index in [1.165, 1.54) is 10.2 Å². The minimum absolute atomic E-state index is 0.272. The molecule has 106 valence electrons. The highest BCUT2D eigenvalue weighted by atomic mass is 16.3. The fourth-order valence-corrected chi connectivity index (χ4v) is 2.28. The first kappa shape index (κ1) is 14.5. The number of aryl methyl sites for hydroxylation is 3. The van der Waals surface area contributed by atoms with Gasteiger partial charge in [-0.2, -0.15) is 5.10 Å². The molecule has 0 radical (unpaired) electrons. The van der Waals surface area contributed by atoms with Gasteiger partial charge in [-0.05, 0) is 39.3 Å². The van der Waals surface area contributed by atoms with E-state index in [0.717, 1.165) is 11.1 Å². The molecule has 2 rings (SSSR count). The minimum atomic E-state index is -1.19. The second kappa shape index (κ2) is 4.87. The van der Waals surface area contributed by atoms with Gasteiger partial charge >= 0.3 is 0 Å². The summed E-state index contributed by atoms with van der Waals surface area (Å²) < 4.78 is 1.28. The van der Waals surface area contributed by atoms with Crippen LogP contribution in [0.4, 0.5) is 0 Å². The molecular formula is C16H20N2O2. The van der Waals surface area contributed by atoms with E-state index in [1.54, 1.807) is 27.0 Å². The molecular weight excluding hydrogens is 252 g/mol. The van der Waals surface area contributed by atoms with E-state index in [9.17, 15) is 9.90 Å². The summed E-state index contributed by atoms with van der Waals surface area (Å²) in [5.41, 5.74) is 2.83. The highest BCUT2D eigenvalue weighted by Crippen LogP contribution is 2.25. The Morgan fingerprint density at radius 3 is 2.40 bits per heavy atom. The van der Waals surface area contributed by atoms with Crippen molar-refractivity contribution in [2.45, 2.75) is 33.3 Å². The Morgan fingerprint density at radius 2 is 1.85 bits per heavy atom. The van der Waals surface area contributed by atoms with Gasteiger partial charge in [0.15, 0.2) is 0 Å². The molecule has 0 bridgehead atoms. The molecule has 0 unspecified atom stereocenters. The SMILES string of the molecule is Cc1ccc(-c2cc(C(C)(C)O)c(=O)n(C)n2)c(C)c1. The van der Waals surface area contributed by atoms with E-state index in [0.29, 0.717) is 11.3 Å². The van der Waals surface area contributed by atoms with Crippen LogP contribution in [-0.4, -0.2) is 14.9 Å². The standard InChI is InChI=1S/C16H20N2O2/c1-10-6-7-12(11(2)8-10)14-9-13(16(3,4)20)15(19)18(5)17-14/h6-9,20H,1-5H3. The summed E-state index contributed by atoms with van der Waals surface area (Å²) in [7, 11) is 1.60. The van der Waals surface area contributed by atoms with Crippen LogP contribution in [0.3, 0.4) is 0 Å². The lowest BCUT2D eigenvalue weighted by Crippen LogP contribution is -2.32. The molecule has 20 heavy (non-hydrogen) atoms. The summed E-state index contributed by atoms with van der Waals surface area (Å²) in [5, 5.41) is 14.4. The quantitative estimate of drug-likeness (QED) is 0.912. The Labute approximate surface area is 118 Å². The fourth-order valence-electron chi connectivity index (χ4n) is 2.28. The monoisotopic (exact) mass is 272 g/mol. The van der Waals surface area contributed by atoms with Gasteiger partial charge < -0.3 is 5.11 Å². The molecule has 0 fully saturated rings. The third-order valence-electron chi connectivity index (χ3n) is 3.38. The van der Waals surface area contributed by atoms with Crippen molar-refractivity contribution in [1.82, 2.24) is 9.78 Å². The molecule has 1 N–H and O–H groups in total. The Bertz CT molecular complexity index is 709. The minimum Gasteiger partial charge on any atom is -0.386 e. The zero-order valence-electron chi connectivity index (χ0n) is 12.6. The highest BCUT2D eigenvalue weighted by Gasteiger charge is 2.22. The van der Waals surface area contributed by atoms with E-state index >= 15 is 0 Å². The molecule has 0 saturated carbocycles. The molecule has 0 aliphatic heterocycles. The molecule has 0 saturated heterocycles. The van der Waals surface area contributed by atoms with Crippen LogP contribution in [0.5, 0.6) is 0 Å². The molecule has 0 aliphatic rings. The smallest absolute Gasteiger partial charge is 0.272 e. The highest BCUT2D eigenvalue weighted by molar-refractivity contribution is 5.64. The van der Waals surface area contributed by atoms with Crippen molar-refractivity contribution in [2.75, 3.05) is 0 Å². The first-order chi connectivity index (χ1) is 9.20. The molecule has 0 spiro atoms. The third-order valence-corrected chi connectivity index (χ3v) is 3.38. The largest absolute Gasteiger partial charge is 0.386 e. The van der Waals surface area contributed by atoms with Gasteiger partial charge in [0, 0.05) is 12.6 Å². The second-order valence-electron chi connectivity index (χ2n) is 5.75. The zero-order valence-corrected chi connectivity index (χ0v) is 12.6. The zero-order chi connectivity index (χ0) is 15.1. The number of hydrogen-bond acceptors (Lipinski definition) is 3. The molecule has 2 aromatic rings. The van der Waals surface area contributed by atoms with Crippen LogP contribution in [0.25, 0.3) is 11.3 Å². The van der Waals surface area contributed by atoms with E-state index in [1.807, 2.05) is 26.0 Å². The number of hydrogen-bond donors (Lipinski definition) is 1. The van der Waals surface area contributed by atoms with Gasteiger partial charge in [0.2, 0.25) is 0 Å². The summed E-state index contributed by atoms with van der Waals surface area (Å²) in [6.07, 6.45) is 0. The summed E-state index contributed by atoms with van der Waals surface area (Å²) >= 11 is 0. The van der Waals surface area contributed by atoms with Crippen LogP contribution in [0.2, 0.25) is 0 Å². The van der Waals surface area contributed by atoms with Gasteiger partial charge in [0.1, 0.15) is 0 Å². The molecule has 1 aromatic heterocycles. The molecule has 4 nitrogen and oxygen atoms in total. The molecule has 0 aliphatic carbocycles. The number of nitrogens with zero attached hydrogens (tertiary/aromatic N) is 2. The topological polar surface area (TPSA) is 55.1 Å². The maximum Gasteiger partial charge on any atom is 0.272 e. The Hall–Kier alpha value is -1.94. The van der Waals surface area contributed by atoms with Crippen molar-refractivity contribution in [3.05, 3.63) is 51.3 Å². The van der Waals surface area contributed by atoms with Crippen LogP contribution in [0.1, 0.15) is 30.5 Å². The van der Waals surface area contributed by atoms with Crippen LogP contribution >= 0.6 is 0 Å². The number of aliphatic hydroxyl groups is 1. The van der Waals surface area contributed by atoms with Crippen LogP contribution < -0.4 is 5.56 Å². The molecule has 1 heterocycles. The van der Waals surface area contributed by atoms with E-state index < -0.39 is 5.60 Å². The normalized spacial score (nSPS) is 11.7. The van der Waals surface area contributed by atoms with Gasteiger partial charge in [-0.15, -0.1) is 0 Å². The summed E-state index contributed by atoms with van der Waals surface area (Å²) in [6.45, 7) is 7.26. The number of rotatable bonds is 2. The average molecular weight is 272 g/mol. The first-order valence-electron chi connectivity index (χ1n) is 6.59. The number of aromatic nitrogens is 2. The van der Waals surface area contributed by atoms with Crippen molar-refractivity contribution < 1.29 is 5.11 Å². The van der Waals surface area contributed by atoms with Crippen molar-refractivity contribution in [2.24, 2.45) is 7.05 Å². The lowest BCUT2D eigenvalue weighted by molar-refractivity contribution is 0.0763. The van der Waals surface area contributed by atoms with Crippen molar-refractivity contribution in [1.29, 1.82) is 0 Å². The Morgan fingerprint density at radius 1 is 1.20 bits per heavy atom. The van der Waals surface area contributed by atoms with E-state index in [4.69, 9.17) is 0 Å². The van der Waals surface area contributed by atoms with Crippen LogP contribution in [0.15, 0.2) is 29.1 Å². The van der Waals surface area contributed by atoms with Crippen molar-refractivity contribution in [3.63, 3.8) is 0 Å². The molecule has 4 heteroatoms. The predicted molar refractivity (Wildman–Crippen MR) is 79.6 cm³/mol. The fraction of sp³-hybridized carbons (Fsp3) is 0.375. The predicted octanol–water partition coefficient (Wildman–Crippen LogP) is 2.29. The molecule has 0 atom stereocenters. The first-order valence-corrected chi connectivity index (χ1v) is 6.59. The van der Waals surface area contributed by atoms with Crippen molar-refractivity contribution in [3.8, 4) is 11.3 Å². The van der Waals surface area contributed by atoms with Gasteiger partial charge in [-0.25, -0.2) is 4.68 Å². The third kappa shape index (κ3) is 2.65. The average Bonchev–Trinajstić information content (AvgIpc) is 2.31. The maximum atomic E-state index is 12.1. The summed E-state index contributed by atoms with van der Waals surface area (Å²) in [5.74, 6) is 0. The van der Waals surface area contributed by atoms with Gasteiger partial charge in [-0.3, -0.25) is 4.79 Å². The molecule has 1 aromatic carbocycles.